The van der Waals surface area contributed by atoms with E-state index in [2.05, 4.69) is 30.2 Å². The molecule has 35 heavy (non-hydrogen) atoms. The summed E-state index contributed by atoms with van der Waals surface area (Å²) in [4.78, 5) is 10.3. The summed E-state index contributed by atoms with van der Waals surface area (Å²) in [6, 6.07) is 6.62. The highest BCUT2D eigenvalue weighted by Crippen LogP contribution is 2.32. The molecule has 0 bridgehead atoms. The van der Waals surface area contributed by atoms with Gasteiger partial charge in [0.2, 0.25) is 0 Å². The Kier molecular flexibility index (Phi) is 6.88. The van der Waals surface area contributed by atoms with E-state index in [1.165, 1.54) is 12.1 Å². The Bertz CT molecular complexity index is 1510. The summed E-state index contributed by atoms with van der Waals surface area (Å²) < 4.78 is 54.9. The van der Waals surface area contributed by atoms with Gasteiger partial charge in [-0.1, -0.05) is 11.6 Å². The largest absolute Gasteiger partial charge is 0.368 e. The number of aromatic nitrogens is 4. The number of hydrogen-bond donors (Lipinski definition) is 3. The monoisotopic (exact) mass is 521 g/mol. The zero-order valence-electron chi connectivity index (χ0n) is 19.0. The molecule has 0 saturated heterocycles. The fourth-order valence-corrected chi connectivity index (χ4v) is 4.81. The van der Waals surface area contributed by atoms with Crippen molar-refractivity contribution in [1.82, 2.24) is 25.1 Å². The first-order valence-electron chi connectivity index (χ1n) is 10.4. The summed E-state index contributed by atoms with van der Waals surface area (Å²) >= 11 is 6.33. The van der Waals surface area contributed by atoms with Gasteiger partial charge in [0.25, 0.3) is 10.0 Å². The average Bonchev–Trinajstić information content (AvgIpc) is 3.17. The molecule has 0 aliphatic heterocycles. The van der Waals surface area contributed by atoms with Crippen molar-refractivity contribution in [2.75, 3.05) is 37.2 Å². The van der Waals surface area contributed by atoms with Gasteiger partial charge in [0.1, 0.15) is 22.3 Å². The quantitative estimate of drug-likeness (QED) is 0.320. The number of anilines is 2. The van der Waals surface area contributed by atoms with Crippen LogP contribution in [0.3, 0.4) is 0 Å². The number of fused-ring (bicyclic) bond motifs is 1. The molecular weight excluding hydrogens is 500 g/mol. The third-order valence-corrected chi connectivity index (χ3v) is 6.80. The molecule has 13 heteroatoms. The molecule has 0 unspecified atom stereocenters. The maximum absolute atomic E-state index is 14.0. The van der Waals surface area contributed by atoms with Crippen LogP contribution in [-0.4, -0.2) is 60.7 Å². The maximum atomic E-state index is 14.0. The summed E-state index contributed by atoms with van der Waals surface area (Å²) in [6.45, 7) is 3.27. The highest BCUT2D eigenvalue weighted by molar-refractivity contribution is 7.92. The van der Waals surface area contributed by atoms with E-state index in [0.29, 0.717) is 35.5 Å². The first-order valence-corrected chi connectivity index (χ1v) is 12.3. The Labute approximate surface area is 205 Å². The van der Waals surface area contributed by atoms with Crippen molar-refractivity contribution < 1.29 is 17.2 Å². The Balaban J connectivity index is 1.66. The molecule has 0 aliphatic rings. The summed E-state index contributed by atoms with van der Waals surface area (Å²) in [5.41, 5.74) is 1.77. The fourth-order valence-electron chi connectivity index (χ4n) is 3.35. The number of aryl methyl sites for hydroxylation is 1. The van der Waals surface area contributed by atoms with Crippen molar-refractivity contribution in [3.63, 3.8) is 0 Å². The first kappa shape index (κ1) is 24.8. The van der Waals surface area contributed by atoms with E-state index in [0.717, 1.165) is 29.8 Å². The van der Waals surface area contributed by atoms with Gasteiger partial charge >= 0.3 is 0 Å². The summed E-state index contributed by atoms with van der Waals surface area (Å²) in [7, 11) is -0.496. The van der Waals surface area contributed by atoms with Crippen LogP contribution in [0.15, 0.2) is 41.3 Å². The Morgan fingerprint density at radius 2 is 1.89 bits per heavy atom. The number of likely N-dealkylation sites (N-methyl/N-ethyl adjacent to an activating group) is 1. The van der Waals surface area contributed by atoms with Gasteiger partial charge in [0, 0.05) is 18.7 Å². The summed E-state index contributed by atoms with van der Waals surface area (Å²) in [5.74, 6) is -1.04. The van der Waals surface area contributed by atoms with Gasteiger partial charge in [-0.05, 0) is 57.4 Å². The summed E-state index contributed by atoms with van der Waals surface area (Å²) in [5, 5.41) is 11.2. The molecule has 0 amide bonds. The minimum absolute atomic E-state index is 0.0122. The Morgan fingerprint density at radius 3 is 2.60 bits per heavy atom. The van der Waals surface area contributed by atoms with Crippen LogP contribution in [-0.2, 0) is 10.0 Å². The molecule has 9 nitrogen and oxygen atoms in total. The van der Waals surface area contributed by atoms with Crippen LogP contribution in [0.4, 0.5) is 20.3 Å². The van der Waals surface area contributed by atoms with Crippen LogP contribution in [0.1, 0.15) is 5.69 Å². The number of H-pyrrole nitrogens is 1. The van der Waals surface area contributed by atoms with Crippen LogP contribution < -0.4 is 10.0 Å². The number of hydrogen-bond acceptors (Lipinski definition) is 7. The Hall–Kier alpha value is -3.35. The zero-order valence-corrected chi connectivity index (χ0v) is 20.6. The van der Waals surface area contributed by atoms with Crippen molar-refractivity contribution in [1.29, 1.82) is 0 Å². The third-order valence-electron chi connectivity index (χ3n) is 5.11. The van der Waals surface area contributed by atoms with Crippen molar-refractivity contribution in [2.24, 2.45) is 0 Å². The molecular formula is C22H22ClF2N7O2S. The van der Waals surface area contributed by atoms with Gasteiger partial charge in [0.05, 0.1) is 21.8 Å². The van der Waals surface area contributed by atoms with Crippen molar-refractivity contribution >= 4 is 44.2 Å². The predicted molar refractivity (Wildman–Crippen MR) is 131 cm³/mol. The second kappa shape index (κ2) is 9.72. The van der Waals surface area contributed by atoms with Crippen LogP contribution in [0.25, 0.3) is 22.4 Å². The molecule has 0 atom stereocenters. The van der Waals surface area contributed by atoms with E-state index >= 15 is 0 Å². The topological polar surface area (TPSA) is 116 Å². The van der Waals surface area contributed by atoms with E-state index < -0.39 is 26.6 Å². The third kappa shape index (κ3) is 5.34. The normalized spacial score (nSPS) is 11.9. The number of sulfonamides is 1. The van der Waals surface area contributed by atoms with Crippen molar-refractivity contribution in [3.8, 4) is 11.4 Å². The molecule has 2 aromatic carbocycles. The van der Waals surface area contributed by atoms with Gasteiger partial charge in [0.15, 0.2) is 11.5 Å². The molecule has 0 fully saturated rings. The second-order valence-corrected chi connectivity index (χ2v) is 10.1. The first-order chi connectivity index (χ1) is 16.5. The van der Waals surface area contributed by atoms with E-state index in [1.54, 1.807) is 6.07 Å². The maximum Gasteiger partial charge on any atom is 0.264 e. The average molecular weight is 522 g/mol. The van der Waals surface area contributed by atoms with E-state index in [4.69, 9.17) is 11.6 Å². The smallest absolute Gasteiger partial charge is 0.264 e. The van der Waals surface area contributed by atoms with Crippen LogP contribution in [0, 0.1) is 18.6 Å². The van der Waals surface area contributed by atoms with Crippen molar-refractivity contribution in [2.45, 2.75) is 11.8 Å². The predicted octanol–water partition coefficient (Wildman–Crippen LogP) is 4.03. The van der Waals surface area contributed by atoms with Gasteiger partial charge < -0.3 is 10.2 Å². The van der Waals surface area contributed by atoms with E-state index in [9.17, 15) is 17.2 Å². The zero-order chi connectivity index (χ0) is 25.3. The molecule has 0 radical (unpaired) electrons. The molecule has 2 aromatic heterocycles. The molecule has 4 rings (SSSR count). The second-order valence-electron chi connectivity index (χ2n) is 8.03. The van der Waals surface area contributed by atoms with Gasteiger partial charge in [-0.3, -0.25) is 9.82 Å². The minimum Gasteiger partial charge on any atom is -0.368 e. The van der Waals surface area contributed by atoms with E-state index in [1.807, 2.05) is 25.9 Å². The molecule has 0 aliphatic carbocycles. The van der Waals surface area contributed by atoms with Gasteiger partial charge in [-0.25, -0.2) is 27.2 Å². The van der Waals surface area contributed by atoms with Gasteiger partial charge in [-0.15, -0.1) is 0 Å². The molecule has 0 spiro atoms. The lowest BCUT2D eigenvalue weighted by Crippen LogP contribution is -2.21. The minimum atomic E-state index is -4.42. The molecule has 0 saturated carbocycles. The lowest BCUT2D eigenvalue weighted by molar-refractivity contribution is 0.425. The number of aromatic amines is 1. The van der Waals surface area contributed by atoms with E-state index in [-0.39, 0.29) is 10.7 Å². The molecule has 184 valence electrons. The lowest BCUT2D eigenvalue weighted by atomic mass is 10.2. The van der Waals surface area contributed by atoms with Gasteiger partial charge in [-0.2, -0.15) is 5.10 Å². The SMILES string of the molecule is Cc1n[nH]c2nc(-c3ccc(NS(=O)(=O)c4cc(F)ccc4F)c(Cl)c3)nc(NCCN(C)C)c12. The molecule has 3 N–H and O–H groups in total. The molecule has 2 heterocycles. The number of nitrogens with one attached hydrogen (secondary N) is 3. The van der Waals surface area contributed by atoms with Crippen LogP contribution in [0.2, 0.25) is 5.02 Å². The Morgan fingerprint density at radius 1 is 1.11 bits per heavy atom. The number of rotatable bonds is 8. The van der Waals surface area contributed by atoms with Crippen LogP contribution >= 0.6 is 11.6 Å². The van der Waals surface area contributed by atoms with Crippen molar-refractivity contribution in [3.05, 3.63) is 58.7 Å². The fraction of sp³-hybridized carbons (Fsp3) is 0.227. The lowest BCUT2D eigenvalue weighted by Gasteiger charge is -2.13. The number of halogens is 3. The standard InChI is InChI=1S/C22H22ClF2N7O2S/c1-12-19-21(26-8-9-32(2)3)27-20(28-22(19)30-29-12)13-4-7-17(15(23)10-13)31-35(33,34)18-11-14(24)5-6-16(18)25/h4-7,10-11,31H,8-9H2,1-3H3,(H2,26,27,28,29,30). The van der Waals surface area contributed by atoms with Crippen LogP contribution in [0.5, 0.6) is 0 Å². The highest BCUT2D eigenvalue weighted by Gasteiger charge is 2.22. The highest BCUT2D eigenvalue weighted by atomic mass is 35.5. The summed E-state index contributed by atoms with van der Waals surface area (Å²) in [6.07, 6.45) is 0. The number of nitrogens with zero attached hydrogens (tertiary/aromatic N) is 4. The molecule has 4 aromatic rings. The number of benzene rings is 2.